The highest BCUT2D eigenvalue weighted by Gasteiger charge is 2.17. The first-order chi connectivity index (χ1) is 14.6. The lowest BCUT2D eigenvalue weighted by molar-refractivity contribution is 0.0940. The van der Waals surface area contributed by atoms with Crippen LogP contribution >= 0.6 is 0 Å². The van der Waals surface area contributed by atoms with Crippen LogP contribution in [-0.2, 0) is 0 Å². The molecular formula is C23H25FN4O2. The number of nitrogens with one attached hydrogen (secondary N) is 1. The van der Waals surface area contributed by atoms with E-state index in [1.54, 1.807) is 18.5 Å². The standard InChI is InChI=1S/C23H25FN4O2/c1-3-5-17(15-30-21-9-7-18(24)14-27-21)13-28-23(29)20-12-16(2)6-8-19(20)22-25-10-4-11-26-22/h4,6-12,14,17H,3,5,13,15H2,1-2H3,(H,28,29)/t17-/m1/s1. The molecule has 2 aromatic heterocycles. The first-order valence-electron chi connectivity index (χ1n) is 9.97. The Morgan fingerprint density at radius 3 is 2.67 bits per heavy atom. The molecule has 7 heteroatoms. The number of aryl methyl sites for hydroxylation is 1. The van der Waals surface area contributed by atoms with E-state index in [0.717, 1.165) is 24.6 Å². The van der Waals surface area contributed by atoms with Gasteiger partial charge in [-0.25, -0.2) is 19.3 Å². The fraction of sp³-hybridized carbons (Fsp3) is 0.304. The van der Waals surface area contributed by atoms with Crippen LogP contribution in [-0.4, -0.2) is 34.0 Å². The zero-order valence-electron chi connectivity index (χ0n) is 17.1. The first-order valence-corrected chi connectivity index (χ1v) is 9.97. The highest BCUT2D eigenvalue weighted by Crippen LogP contribution is 2.21. The van der Waals surface area contributed by atoms with Crippen LogP contribution in [0.15, 0.2) is 55.0 Å². The molecule has 1 N–H and O–H groups in total. The van der Waals surface area contributed by atoms with Gasteiger partial charge in [-0.1, -0.05) is 31.0 Å². The number of benzene rings is 1. The third-order valence-corrected chi connectivity index (χ3v) is 4.64. The lowest BCUT2D eigenvalue weighted by Gasteiger charge is -2.18. The van der Waals surface area contributed by atoms with Crippen molar-refractivity contribution in [2.45, 2.75) is 26.7 Å². The van der Waals surface area contributed by atoms with Gasteiger partial charge in [-0.2, -0.15) is 0 Å². The number of hydrogen-bond acceptors (Lipinski definition) is 5. The van der Waals surface area contributed by atoms with E-state index in [1.807, 2.05) is 25.1 Å². The SMILES string of the molecule is CCC[C@H](CNC(=O)c1cc(C)ccc1-c1ncccn1)COc1ccc(F)cn1. The summed E-state index contributed by atoms with van der Waals surface area (Å²) in [5, 5.41) is 3.01. The fourth-order valence-electron chi connectivity index (χ4n) is 3.11. The molecule has 0 aliphatic heterocycles. The van der Waals surface area contributed by atoms with E-state index in [-0.39, 0.29) is 11.8 Å². The summed E-state index contributed by atoms with van der Waals surface area (Å²) in [4.78, 5) is 25.4. The molecule has 3 rings (SSSR count). The van der Waals surface area contributed by atoms with Crippen molar-refractivity contribution >= 4 is 5.91 Å². The topological polar surface area (TPSA) is 77.0 Å². The van der Waals surface area contributed by atoms with Crippen molar-refractivity contribution < 1.29 is 13.9 Å². The van der Waals surface area contributed by atoms with Crippen LogP contribution in [0, 0.1) is 18.7 Å². The number of amides is 1. The summed E-state index contributed by atoms with van der Waals surface area (Å²) in [5.74, 6) is 0.398. The largest absolute Gasteiger partial charge is 0.477 e. The van der Waals surface area contributed by atoms with Crippen molar-refractivity contribution in [2.24, 2.45) is 5.92 Å². The summed E-state index contributed by atoms with van der Waals surface area (Å²) < 4.78 is 18.7. The average Bonchev–Trinajstić information content (AvgIpc) is 2.77. The Morgan fingerprint density at radius 1 is 1.17 bits per heavy atom. The number of carbonyl (C=O) groups is 1. The molecule has 0 radical (unpaired) electrons. The molecule has 1 atom stereocenters. The number of nitrogens with zero attached hydrogens (tertiary/aromatic N) is 3. The minimum absolute atomic E-state index is 0.104. The van der Waals surface area contributed by atoms with Crippen LogP contribution in [0.4, 0.5) is 4.39 Å². The van der Waals surface area contributed by atoms with Gasteiger partial charge in [0.2, 0.25) is 5.88 Å². The molecule has 0 unspecified atom stereocenters. The van der Waals surface area contributed by atoms with Gasteiger partial charge in [0.1, 0.15) is 5.82 Å². The van der Waals surface area contributed by atoms with E-state index in [0.29, 0.717) is 36.0 Å². The van der Waals surface area contributed by atoms with Crippen molar-refractivity contribution in [3.63, 3.8) is 0 Å². The van der Waals surface area contributed by atoms with E-state index in [4.69, 9.17) is 4.74 Å². The molecular weight excluding hydrogens is 383 g/mol. The number of aromatic nitrogens is 3. The Hall–Kier alpha value is -3.35. The molecule has 1 aromatic carbocycles. The zero-order valence-corrected chi connectivity index (χ0v) is 17.1. The van der Waals surface area contributed by atoms with Gasteiger partial charge in [0.15, 0.2) is 5.82 Å². The molecule has 30 heavy (non-hydrogen) atoms. The number of ether oxygens (including phenoxy) is 1. The Bertz CT molecular complexity index is 965. The van der Waals surface area contributed by atoms with E-state index in [2.05, 4.69) is 27.2 Å². The van der Waals surface area contributed by atoms with E-state index < -0.39 is 5.82 Å². The van der Waals surface area contributed by atoms with Gasteiger partial charge in [-0.15, -0.1) is 0 Å². The number of hydrogen-bond donors (Lipinski definition) is 1. The number of carbonyl (C=O) groups excluding carboxylic acids is 1. The summed E-state index contributed by atoms with van der Waals surface area (Å²) in [6, 6.07) is 10.2. The molecule has 0 saturated heterocycles. The van der Waals surface area contributed by atoms with Gasteiger partial charge in [-0.3, -0.25) is 4.79 Å². The van der Waals surface area contributed by atoms with Crippen LogP contribution < -0.4 is 10.1 Å². The predicted octanol–water partition coefficient (Wildman–Crippen LogP) is 4.21. The molecule has 2 heterocycles. The molecule has 0 aliphatic rings. The normalized spacial score (nSPS) is 11.7. The molecule has 1 amide bonds. The Labute approximate surface area is 175 Å². The van der Waals surface area contributed by atoms with Gasteiger partial charge in [-0.05, 0) is 31.5 Å². The Morgan fingerprint density at radius 2 is 1.97 bits per heavy atom. The molecule has 0 saturated carbocycles. The van der Waals surface area contributed by atoms with E-state index >= 15 is 0 Å². The van der Waals surface area contributed by atoms with E-state index in [9.17, 15) is 9.18 Å². The predicted molar refractivity (Wildman–Crippen MR) is 113 cm³/mol. The van der Waals surface area contributed by atoms with Crippen molar-refractivity contribution in [1.29, 1.82) is 0 Å². The summed E-state index contributed by atoms with van der Waals surface area (Å²) in [5.41, 5.74) is 2.21. The molecule has 6 nitrogen and oxygen atoms in total. The van der Waals surface area contributed by atoms with Gasteiger partial charge >= 0.3 is 0 Å². The van der Waals surface area contributed by atoms with Crippen molar-refractivity contribution in [3.05, 3.63) is 71.9 Å². The molecule has 0 aliphatic carbocycles. The minimum atomic E-state index is -0.406. The Balaban J connectivity index is 1.67. The fourth-order valence-corrected chi connectivity index (χ4v) is 3.11. The number of halogens is 1. The highest BCUT2D eigenvalue weighted by atomic mass is 19.1. The average molecular weight is 408 g/mol. The van der Waals surface area contributed by atoms with Gasteiger partial charge < -0.3 is 10.1 Å². The van der Waals surface area contributed by atoms with Crippen molar-refractivity contribution in [3.8, 4) is 17.3 Å². The molecule has 0 bridgehead atoms. The number of pyridine rings is 1. The second-order valence-corrected chi connectivity index (χ2v) is 7.11. The van der Waals surface area contributed by atoms with Crippen molar-refractivity contribution in [2.75, 3.05) is 13.2 Å². The lowest BCUT2D eigenvalue weighted by Crippen LogP contribution is -2.32. The summed E-state index contributed by atoms with van der Waals surface area (Å²) in [6.07, 6.45) is 6.26. The third-order valence-electron chi connectivity index (χ3n) is 4.64. The van der Waals surface area contributed by atoms with Crippen LogP contribution in [0.2, 0.25) is 0 Å². The zero-order chi connectivity index (χ0) is 21.3. The monoisotopic (exact) mass is 408 g/mol. The Kier molecular flexibility index (Phi) is 7.43. The maximum Gasteiger partial charge on any atom is 0.252 e. The van der Waals surface area contributed by atoms with Crippen molar-refractivity contribution in [1.82, 2.24) is 20.3 Å². The van der Waals surface area contributed by atoms with E-state index in [1.165, 1.54) is 12.1 Å². The van der Waals surface area contributed by atoms with Crippen LogP contribution in [0.3, 0.4) is 0 Å². The van der Waals surface area contributed by atoms with Crippen LogP contribution in [0.1, 0.15) is 35.7 Å². The molecule has 156 valence electrons. The summed E-state index contributed by atoms with van der Waals surface area (Å²) >= 11 is 0. The number of rotatable bonds is 9. The lowest BCUT2D eigenvalue weighted by atomic mass is 10.0. The highest BCUT2D eigenvalue weighted by molar-refractivity contribution is 6.00. The summed E-state index contributed by atoms with van der Waals surface area (Å²) in [7, 11) is 0. The molecule has 0 spiro atoms. The van der Waals surface area contributed by atoms with Gasteiger partial charge in [0, 0.05) is 36.5 Å². The maximum absolute atomic E-state index is 13.0. The third kappa shape index (κ3) is 5.83. The minimum Gasteiger partial charge on any atom is -0.477 e. The molecule has 3 aromatic rings. The smallest absolute Gasteiger partial charge is 0.252 e. The van der Waals surface area contributed by atoms with Crippen LogP contribution in [0.5, 0.6) is 5.88 Å². The second kappa shape index (κ2) is 10.4. The van der Waals surface area contributed by atoms with Crippen LogP contribution in [0.25, 0.3) is 11.4 Å². The first kappa shape index (κ1) is 21.4. The maximum atomic E-state index is 13.0. The van der Waals surface area contributed by atoms with Gasteiger partial charge in [0.05, 0.1) is 18.4 Å². The quantitative estimate of drug-likeness (QED) is 0.574. The molecule has 0 fully saturated rings. The van der Waals surface area contributed by atoms with Gasteiger partial charge in [0.25, 0.3) is 5.91 Å². The summed E-state index contributed by atoms with van der Waals surface area (Å²) in [6.45, 7) is 4.86. The second-order valence-electron chi connectivity index (χ2n) is 7.11.